The average molecular weight is 283 g/mol. The first kappa shape index (κ1) is 14.2. The van der Waals surface area contributed by atoms with E-state index in [1.165, 1.54) is 0 Å². The first-order chi connectivity index (χ1) is 9.06. The Hall–Kier alpha value is -1.26. The van der Waals surface area contributed by atoms with E-state index >= 15 is 0 Å². The van der Waals surface area contributed by atoms with Crippen LogP contribution in [0.3, 0.4) is 0 Å². The van der Waals surface area contributed by atoms with Gasteiger partial charge in [0.2, 0.25) is 5.91 Å². The van der Waals surface area contributed by atoms with E-state index in [0.717, 1.165) is 24.1 Å². The van der Waals surface area contributed by atoms with E-state index in [4.69, 9.17) is 16.3 Å². The zero-order valence-electron chi connectivity index (χ0n) is 11.4. The van der Waals surface area contributed by atoms with Crippen LogP contribution < -0.4 is 15.4 Å². The molecular formula is C14H19ClN2O2. The third-order valence-corrected chi connectivity index (χ3v) is 3.54. The summed E-state index contributed by atoms with van der Waals surface area (Å²) in [6.45, 7) is 4.13. The molecule has 2 rings (SSSR count). The van der Waals surface area contributed by atoms with Crippen LogP contribution in [0.5, 0.6) is 5.75 Å². The maximum atomic E-state index is 11.8. The van der Waals surface area contributed by atoms with Crippen molar-refractivity contribution in [2.75, 3.05) is 12.4 Å². The number of carbonyl (C=O) groups excluding carboxylic acids is 1. The van der Waals surface area contributed by atoms with Gasteiger partial charge in [-0.2, -0.15) is 0 Å². The molecule has 1 aromatic carbocycles. The first-order valence-electron chi connectivity index (χ1n) is 6.55. The molecule has 4 nitrogen and oxygen atoms in total. The molecule has 1 aliphatic heterocycles. The van der Waals surface area contributed by atoms with Crippen LogP contribution in [-0.4, -0.2) is 19.1 Å². The zero-order valence-corrected chi connectivity index (χ0v) is 12.2. The van der Waals surface area contributed by atoms with E-state index in [2.05, 4.69) is 17.6 Å². The number of amides is 1. The van der Waals surface area contributed by atoms with Crippen LogP contribution in [0.2, 0.25) is 5.02 Å². The van der Waals surface area contributed by atoms with E-state index in [9.17, 15) is 4.79 Å². The summed E-state index contributed by atoms with van der Waals surface area (Å²) in [6, 6.07) is 3.26. The highest BCUT2D eigenvalue weighted by atomic mass is 35.5. The van der Waals surface area contributed by atoms with Gasteiger partial charge in [-0.3, -0.25) is 4.79 Å². The largest absolute Gasteiger partial charge is 0.489 e. The second kappa shape index (κ2) is 5.80. The molecule has 2 unspecified atom stereocenters. The van der Waals surface area contributed by atoms with Crippen molar-refractivity contribution in [1.29, 1.82) is 0 Å². The summed E-state index contributed by atoms with van der Waals surface area (Å²) in [5.41, 5.74) is 1.64. The number of nitrogens with one attached hydrogen (secondary N) is 2. The highest BCUT2D eigenvalue weighted by molar-refractivity contribution is 6.32. The number of hydrogen-bond donors (Lipinski definition) is 2. The van der Waals surface area contributed by atoms with Gasteiger partial charge in [0.25, 0.3) is 0 Å². The second-order valence-electron chi connectivity index (χ2n) is 4.80. The van der Waals surface area contributed by atoms with Gasteiger partial charge in [-0.1, -0.05) is 24.9 Å². The fraction of sp³-hybridized carbons (Fsp3) is 0.500. The van der Waals surface area contributed by atoms with Gasteiger partial charge in [0.15, 0.2) is 0 Å². The Morgan fingerprint density at radius 3 is 2.89 bits per heavy atom. The molecule has 1 amide bonds. The van der Waals surface area contributed by atoms with Gasteiger partial charge in [0.05, 0.1) is 11.1 Å². The lowest BCUT2D eigenvalue weighted by Crippen LogP contribution is -2.23. The van der Waals surface area contributed by atoms with E-state index in [1.54, 1.807) is 19.2 Å². The lowest BCUT2D eigenvalue weighted by Gasteiger charge is -2.16. The molecule has 0 saturated carbocycles. The van der Waals surface area contributed by atoms with Crippen LogP contribution in [0.25, 0.3) is 0 Å². The smallest absolute Gasteiger partial charge is 0.246 e. The maximum absolute atomic E-state index is 11.8. The molecule has 0 radical (unpaired) electrons. The number of hydrogen-bond acceptors (Lipinski definition) is 3. The van der Waals surface area contributed by atoms with Crippen molar-refractivity contribution in [3.05, 3.63) is 22.7 Å². The lowest BCUT2D eigenvalue weighted by atomic mass is 10.1. The lowest BCUT2D eigenvalue weighted by molar-refractivity contribution is -0.117. The molecule has 0 aliphatic carbocycles. The van der Waals surface area contributed by atoms with Crippen molar-refractivity contribution >= 4 is 23.2 Å². The van der Waals surface area contributed by atoms with Gasteiger partial charge in [-0.15, -0.1) is 0 Å². The summed E-state index contributed by atoms with van der Waals surface area (Å²) in [7, 11) is 1.75. The van der Waals surface area contributed by atoms with Crippen molar-refractivity contribution in [2.24, 2.45) is 0 Å². The Kier molecular flexibility index (Phi) is 4.32. The topological polar surface area (TPSA) is 50.4 Å². The molecule has 0 fully saturated rings. The molecule has 0 saturated heterocycles. The summed E-state index contributed by atoms with van der Waals surface area (Å²) < 4.78 is 5.81. The number of rotatable bonds is 5. The first-order valence-corrected chi connectivity index (χ1v) is 6.92. The summed E-state index contributed by atoms with van der Waals surface area (Å²) >= 11 is 6.23. The van der Waals surface area contributed by atoms with Crippen LogP contribution in [-0.2, 0) is 4.79 Å². The van der Waals surface area contributed by atoms with Gasteiger partial charge >= 0.3 is 0 Å². The highest BCUT2D eigenvalue weighted by Gasteiger charge is 2.30. The molecular weight excluding hydrogens is 264 g/mol. The Morgan fingerprint density at radius 2 is 2.26 bits per heavy atom. The molecule has 5 heteroatoms. The SMILES string of the molecule is CCCC(C)Oc1cc2c(cc1Cl)C(NC)C(=O)N2. The fourth-order valence-corrected chi connectivity index (χ4v) is 2.54. The normalized spacial score (nSPS) is 18.9. The Bertz CT molecular complexity index is 491. The third-order valence-electron chi connectivity index (χ3n) is 3.25. The number of benzene rings is 1. The van der Waals surface area contributed by atoms with Crippen molar-refractivity contribution in [3.8, 4) is 5.75 Å². The van der Waals surface area contributed by atoms with Crippen LogP contribution in [0.1, 0.15) is 38.3 Å². The van der Waals surface area contributed by atoms with Crippen molar-refractivity contribution < 1.29 is 9.53 Å². The number of likely N-dealkylation sites (N-methyl/N-ethyl adjacent to an activating group) is 1. The van der Waals surface area contributed by atoms with Crippen LogP contribution >= 0.6 is 11.6 Å². The maximum Gasteiger partial charge on any atom is 0.246 e. The Balaban J connectivity index is 2.26. The van der Waals surface area contributed by atoms with Crippen LogP contribution in [0, 0.1) is 0 Å². The van der Waals surface area contributed by atoms with Crippen molar-refractivity contribution in [2.45, 2.75) is 38.8 Å². The number of halogens is 1. The van der Waals surface area contributed by atoms with Crippen LogP contribution in [0.4, 0.5) is 5.69 Å². The van der Waals surface area contributed by atoms with Crippen LogP contribution in [0.15, 0.2) is 12.1 Å². The molecule has 1 aliphatic rings. The summed E-state index contributed by atoms with van der Waals surface area (Å²) in [5.74, 6) is 0.561. The predicted molar refractivity (Wildman–Crippen MR) is 76.9 cm³/mol. The summed E-state index contributed by atoms with van der Waals surface area (Å²) in [5, 5.41) is 6.34. The summed E-state index contributed by atoms with van der Waals surface area (Å²) in [4.78, 5) is 11.8. The van der Waals surface area contributed by atoms with E-state index in [0.29, 0.717) is 10.8 Å². The molecule has 2 atom stereocenters. The number of carbonyl (C=O) groups is 1. The minimum Gasteiger partial charge on any atom is -0.489 e. The molecule has 1 aromatic rings. The molecule has 0 aromatic heterocycles. The average Bonchev–Trinajstić information content (AvgIpc) is 2.64. The van der Waals surface area contributed by atoms with Gasteiger partial charge in [-0.25, -0.2) is 0 Å². The van der Waals surface area contributed by atoms with E-state index in [-0.39, 0.29) is 18.1 Å². The fourth-order valence-electron chi connectivity index (χ4n) is 2.32. The van der Waals surface area contributed by atoms with Crippen molar-refractivity contribution in [3.63, 3.8) is 0 Å². The number of anilines is 1. The standard InChI is InChI=1S/C14H19ClN2O2/c1-4-5-8(2)19-12-7-11-9(6-10(12)15)13(16-3)14(18)17-11/h6-8,13,16H,4-5H2,1-3H3,(H,17,18). The number of ether oxygens (including phenoxy) is 1. The molecule has 104 valence electrons. The predicted octanol–water partition coefficient (Wildman–Crippen LogP) is 3.12. The minimum absolute atomic E-state index is 0.0627. The Labute approximate surface area is 118 Å². The zero-order chi connectivity index (χ0) is 14.0. The van der Waals surface area contributed by atoms with Gasteiger partial charge < -0.3 is 15.4 Å². The van der Waals surface area contributed by atoms with E-state index in [1.807, 2.05) is 6.92 Å². The molecule has 1 heterocycles. The van der Waals surface area contributed by atoms with E-state index < -0.39 is 0 Å². The number of fused-ring (bicyclic) bond motifs is 1. The highest BCUT2D eigenvalue weighted by Crippen LogP contribution is 2.38. The monoisotopic (exact) mass is 282 g/mol. The second-order valence-corrected chi connectivity index (χ2v) is 5.21. The van der Waals surface area contributed by atoms with Crippen molar-refractivity contribution in [1.82, 2.24) is 5.32 Å². The van der Waals surface area contributed by atoms with Gasteiger partial charge in [-0.05, 0) is 26.5 Å². The molecule has 2 N–H and O–H groups in total. The quantitative estimate of drug-likeness (QED) is 0.872. The Morgan fingerprint density at radius 1 is 1.53 bits per heavy atom. The van der Waals surface area contributed by atoms with Gasteiger partial charge in [0, 0.05) is 17.3 Å². The molecule has 0 bridgehead atoms. The third kappa shape index (κ3) is 2.85. The minimum atomic E-state index is -0.338. The molecule has 19 heavy (non-hydrogen) atoms. The molecule has 0 spiro atoms. The summed E-state index contributed by atoms with van der Waals surface area (Å²) in [6.07, 6.45) is 2.14. The van der Waals surface area contributed by atoms with Gasteiger partial charge in [0.1, 0.15) is 11.8 Å².